The second-order valence-corrected chi connectivity index (χ2v) is 6.09. The first-order valence-electron chi connectivity index (χ1n) is 7.73. The Labute approximate surface area is 133 Å². The summed E-state index contributed by atoms with van der Waals surface area (Å²) in [6.45, 7) is 6.55. The van der Waals surface area contributed by atoms with Crippen LogP contribution in [0, 0.1) is 19.9 Å². The molecule has 3 aromatic carbocycles. The molecule has 0 bridgehead atoms. The molecule has 109 valence electrons. The van der Waals surface area contributed by atoms with Gasteiger partial charge in [0.1, 0.15) is 0 Å². The van der Waals surface area contributed by atoms with E-state index in [1.54, 1.807) is 0 Å². The molecule has 0 unspecified atom stereocenters. The Morgan fingerprint density at radius 2 is 1.05 bits per heavy atom. The fourth-order valence-corrected chi connectivity index (χ4v) is 3.22. The lowest BCUT2D eigenvalue weighted by molar-refractivity contribution is 0.691. The second-order valence-electron chi connectivity index (χ2n) is 6.09. The standard InChI is InChI=1S/C22H21/c1-17-14-18(2)16-21(15-17)22(3,19-10-6-4-7-11-19)20-12-8-5-9-13-20/h4-13,15-16H,1-3H3. The van der Waals surface area contributed by atoms with Crippen molar-refractivity contribution in [3.05, 3.63) is 107 Å². The highest BCUT2D eigenvalue weighted by Crippen LogP contribution is 2.39. The Bertz CT molecular complexity index is 695. The van der Waals surface area contributed by atoms with Crippen molar-refractivity contribution in [2.45, 2.75) is 26.2 Å². The molecule has 0 fully saturated rings. The van der Waals surface area contributed by atoms with Gasteiger partial charge in [-0.2, -0.15) is 0 Å². The van der Waals surface area contributed by atoms with Crippen molar-refractivity contribution in [1.29, 1.82) is 0 Å². The van der Waals surface area contributed by atoms with Gasteiger partial charge in [-0.15, -0.1) is 0 Å². The van der Waals surface area contributed by atoms with Crippen molar-refractivity contribution in [2.75, 3.05) is 0 Å². The zero-order valence-electron chi connectivity index (χ0n) is 13.4. The van der Waals surface area contributed by atoms with Crippen LogP contribution in [0.3, 0.4) is 0 Å². The highest BCUT2D eigenvalue weighted by Gasteiger charge is 2.31. The molecule has 0 atom stereocenters. The SMILES string of the molecule is Cc1[c]c(C)cc(C(C)(c2ccccc2)c2ccccc2)c1. The van der Waals surface area contributed by atoms with Gasteiger partial charge in [-0.05, 0) is 54.7 Å². The van der Waals surface area contributed by atoms with E-state index in [1.165, 1.54) is 27.8 Å². The van der Waals surface area contributed by atoms with Crippen LogP contribution in [-0.2, 0) is 5.41 Å². The van der Waals surface area contributed by atoms with Crippen LogP contribution >= 0.6 is 0 Å². The topological polar surface area (TPSA) is 0 Å². The molecule has 0 spiro atoms. The molecule has 0 aromatic heterocycles. The zero-order chi connectivity index (χ0) is 15.6. The molecule has 0 heteroatoms. The monoisotopic (exact) mass is 285 g/mol. The van der Waals surface area contributed by atoms with E-state index in [0.29, 0.717) is 0 Å². The second kappa shape index (κ2) is 5.81. The molecule has 0 saturated heterocycles. The van der Waals surface area contributed by atoms with Crippen LogP contribution in [0.25, 0.3) is 0 Å². The van der Waals surface area contributed by atoms with E-state index in [4.69, 9.17) is 0 Å². The van der Waals surface area contributed by atoms with Gasteiger partial charge in [0.05, 0.1) is 0 Å². The highest BCUT2D eigenvalue weighted by molar-refractivity contribution is 5.50. The Hall–Kier alpha value is -2.34. The fourth-order valence-electron chi connectivity index (χ4n) is 3.22. The molecule has 1 radical (unpaired) electrons. The van der Waals surface area contributed by atoms with Crippen molar-refractivity contribution >= 4 is 0 Å². The van der Waals surface area contributed by atoms with Crippen LogP contribution in [0.1, 0.15) is 34.7 Å². The molecule has 0 saturated carbocycles. The van der Waals surface area contributed by atoms with Gasteiger partial charge in [0.15, 0.2) is 0 Å². The average molecular weight is 285 g/mol. The molecule has 0 heterocycles. The summed E-state index contributed by atoms with van der Waals surface area (Å²) in [5.74, 6) is 0. The van der Waals surface area contributed by atoms with Crippen molar-refractivity contribution in [3.63, 3.8) is 0 Å². The number of hydrogen-bond acceptors (Lipinski definition) is 0. The Balaban J connectivity index is 2.28. The van der Waals surface area contributed by atoms with E-state index < -0.39 is 0 Å². The van der Waals surface area contributed by atoms with Crippen molar-refractivity contribution < 1.29 is 0 Å². The van der Waals surface area contributed by atoms with Crippen LogP contribution in [0.5, 0.6) is 0 Å². The molecule has 22 heavy (non-hydrogen) atoms. The normalized spacial score (nSPS) is 11.4. The predicted octanol–water partition coefficient (Wildman–Crippen LogP) is 5.46. The van der Waals surface area contributed by atoms with E-state index in [0.717, 1.165) is 0 Å². The van der Waals surface area contributed by atoms with Gasteiger partial charge in [0, 0.05) is 5.41 Å². The summed E-state index contributed by atoms with van der Waals surface area (Å²) in [6, 6.07) is 29.4. The van der Waals surface area contributed by atoms with Gasteiger partial charge in [0.2, 0.25) is 0 Å². The van der Waals surface area contributed by atoms with Crippen LogP contribution in [0.15, 0.2) is 72.8 Å². The third-order valence-corrected chi connectivity index (χ3v) is 4.42. The summed E-state index contributed by atoms with van der Waals surface area (Å²) in [5.41, 5.74) is 6.16. The number of benzene rings is 3. The van der Waals surface area contributed by atoms with Crippen LogP contribution in [0.4, 0.5) is 0 Å². The molecular formula is C22H21. The van der Waals surface area contributed by atoms with Crippen molar-refractivity contribution in [1.82, 2.24) is 0 Å². The molecule has 0 nitrogen and oxygen atoms in total. The third kappa shape index (κ3) is 2.57. The maximum Gasteiger partial charge on any atom is 0.0423 e. The van der Waals surface area contributed by atoms with E-state index in [-0.39, 0.29) is 5.41 Å². The van der Waals surface area contributed by atoms with Gasteiger partial charge in [-0.1, -0.05) is 72.8 Å². The summed E-state index contributed by atoms with van der Waals surface area (Å²) < 4.78 is 0. The lowest BCUT2D eigenvalue weighted by Gasteiger charge is -2.32. The van der Waals surface area contributed by atoms with Crippen molar-refractivity contribution in [3.8, 4) is 0 Å². The molecule has 0 aliphatic carbocycles. The lowest BCUT2D eigenvalue weighted by Crippen LogP contribution is -2.25. The molecule has 0 aliphatic rings. The number of aryl methyl sites for hydroxylation is 2. The predicted molar refractivity (Wildman–Crippen MR) is 93.2 cm³/mol. The Morgan fingerprint density at radius 3 is 1.45 bits per heavy atom. The smallest absolute Gasteiger partial charge is 0.0423 e. The minimum atomic E-state index is -0.160. The van der Waals surface area contributed by atoms with E-state index in [2.05, 4.69) is 99.6 Å². The largest absolute Gasteiger partial charge is 0.0622 e. The first-order chi connectivity index (χ1) is 10.6. The van der Waals surface area contributed by atoms with Gasteiger partial charge in [-0.3, -0.25) is 0 Å². The maximum atomic E-state index is 3.39. The van der Waals surface area contributed by atoms with E-state index in [1.807, 2.05) is 0 Å². The van der Waals surface area contributed by atoms with Crippen molar-refractivity contribution in [2.24, 2.45) is 0 Å². The summed E-state index contributed by atoms with van der Waals surface area (Å²) in [5, 5.41) is 0. The Morgan fingerprint density at radius 1 is 0.636 bits per heavy atom. The summed E-state index contributed by atoms with van der Waals surface area (Å²) in [4.78, 5) is 0. The van der Waals surface area contributed by atoms with E-state index >= 15 is 0 Å². The third-order valence-electron chi connectivity index (χ3n) is 4.42. The first kappa shape index (κ1) is 14.6. The minimum Gasteiger partial charge on any atom is -0.0622 e. The summed E-state index contributed by atoms with van der Waals surface area (Å²) in [7, 11) is 0. The van der Waals surface area contributed by atoms with Crippen LogP contribution in [-0.4, -0.2) is 0 Å². The Kier molecular flexibility index (Phi) is 3.85. The molecule has 0 aliphatic heterocycles. The number of rotatable bonds is 3. The summed E-state index contributed by atoms with van der Waals surface area (Å²) in [6.07, 6.45) is 0. The minimum absolute atomic E-state index is 0.160. The van der Waals surface area contributed by atoms with Crippen LogP contribution in [0.2, 0.25) is 0 Å². The van der Waals surface area contributed by atoms with Crippen LogP contribution < -0.4 is 0 Å². The number of hydrogen-bond donors (Lipinski definition) is 0. The lowest BCUT2D eigenvalue weighted by atomic mass is 9.70. The molecule has 0 amide bonds. The molecular weight excluding hydrogens is 264 g/mol. The molecule has 3 rings (SSSR count). The molecule has 3 aromatic rings. The average Bonchev–Trinajstić information content (AvgIpc) is 2.55. The summed E-state index contributed by atoms with van der Waals surface area (Å²) >= 11 is 0. The zero-order valence-corrected chi connectivity index (χ0v) is 13.4. The van der Waals surface area contributed by atoms with E-state index in [9.17, 15) is 0 Å². The van der Waals surface area contributed by atoms with Gasteiger partial charge in [-0.25, -0.2) is 0 Å². The van der Waals surface area contributed by atoms with Gasteiger partial charge < -0.3 is 0 Å². The van der Waals surface area contributed by atoms with Gasteiger partial charge >= 0.3 is 0 Å². The fraction of sp³-hybridized carbons (Fsp3) is 0.182. The molecule has 0 N–H and O–H groups in total. The first-order valence-corrected chi connectivity index (χ1v) is 7.73. The quantitative estimate of drug-likeness (QED) is 0.561. The van der Waals surface area contributed by atoms with Gasteiger partial charge in [0.25, 0.3) is 0 Å². The maximum absolute atomic E-state index is 3.39. The highest BCUT2D eigenvalue weighted by atomic mass is 14.3.